The van der Waals surface area contributed by atoms with E-state index in [1.807, 2.05) is 10.9 Å². The van der Waals surface area contributed by atoms with Crippen LogP contribution in [0.4, 0.5) is 0 Å². The van der Waals surface area contributed by atoms with Crippen molar-refractivity contribution in [1.82, 2.24) is 20.3 Å². The van der Waals surface area contributed by atoms with E-state index in [9.17, 15) is 4.79 Å². The van der Waals surface area contributed by atoms with Gasteiger partial charge in [-0.2, -0.15) is 0 Å². The maximum Gasteiger partial charge on any atom is 0.207 e. The fourth-order valence-corrected chi connectivity index (χ4v) is 1.62. The number of amides is 1. The third-order valence-electron chi connectivity index (χ3n) is 3.59. The van der Waals surface area contributed by atoms with Gasteiger partial charge in [0, 0.05) is 6.61 Å². The second-order valence-corrected chi connectivity index (χ2v) is 6.18. The topological polar surface area (TPSA) is 69.0 Å². The van der Waals surface area contributed by atoms with Crippen LogP contribution in [0.5, 0.6) is 0 Å². The van der Waals surface area contributed by atoms with Crippen molar-refractivity contribution >= 4 is 6.41 Å². The van der Waals surface area contributed by atoms with E-state index in [-0.39, 0.29) is 11.1 Å². The Labute approximate surface area is 120 Å². The van der Waals surface area contributed by atoms with Gasteiger partial charge in [-0.3, -0.25) is 4.79 Å². The number of nitrogens with zero attached hydrogens (tertiary/aromatic N) is 3. The highest BCUT2D eigenvalue weighted by molar-refractivity contribution is 5.45. The first-order valence-corrected chi connectivity index (χ1v) is 7.03. The van der Waals surface area contributed by atoms with Crippen LogP contribution in [0.1, 0.15) is 53.2 Å². The number of carbonyl (C=O) groups is 1. The third-order valence-corrected chi connectivity index (χ3v) is 3.59. The van der Waals surface area contributed by atoms with Crippen LogP contribution in [-0.2, 0) is 21.6 Å². The highest BCUT2D eigenvalue weighted by Crippen LogP contribution is 2.21. The van der Waals surface area contributed by atoms with Gasteiger partial charge in [0.2, 0.25) is 6.41 Å². The van der Waals surface area contributed by atoms with E-state index in [1.165, 1.54) is 0 Å². The van der Waals surface area contributed by atoms with Crippen LogP contribution in [0.2, 0.25) is 0 Å². The largest absolute Gasteiger partial charge is 0.375 e. The SMILES string of the molecule is CCC(C)(C)OCCC(C)(C)n1cc(CNC=O)nn1. The molecule has 0 aromatic carbocycles. The normalized spacial score (nSPS) is 12.4. The van der Waals surface area contributed by atoms with Gasteiger partial charge in [-0.1, -0.05) is 12.1 Å². The summed E-state index contributed by atoms with van der Waals surface area (Å²) in [5.74, 6) is 0. The zero-order valence-electron chi connectivity index (χ0n) is 13.1. The van der Waals surface area contributed by atoms with Crippen LogP contribution in [0.15, 0.2) is 6.20 Å². The molecule has 1 aromatic heterocycles. The molecule has 0 saturated heterocycles. The van der Waals surface area contributed by atoms with Crippen molar-refractivity contribution in [2.45, 2.75) is 65.1 Å². The molecule has 1 rings (SSSR count). The molecule has 0 atom stereocenters. The molecule has 1 N–H and O–H groups in total. The summed E-state index contributed by atoms with van der Waals surface area (Å²) in [5, 5.41) is 10.8. The van der Waals surface area contributed by atoms with Gasteiger partial charge in [0.25, 0.3) is 0 Å². The number of rotatable bonds is 9. The van der Waals surface area contributed by atoms with Gasteiger partial charge in [-0.25, -0.2) is 4.68 Å². The van der Waals surface area contributed by atoms with E-state index in [0.717, 1.165) is 18.5 Å². The van der Waals surface area contributed by atoms with Crippen molar-refractivity contribution < 1.29 is 9.53 Å². The van der Waals surface area contributed by atoms with Gasteiger partial charge in [-0.05, 0) is 40.5 Å². The summed E-state index contributed by atoms with van der Waals surface area (Å²) >= 11 is 0. The molecule has 0 aliphatic carbocycles. The molecule has 0 fully saturated rings. The molecule has 6 nitrogen and oxygen atoms in total. The van der Waals surface area contributed by atoms with Crippen molar-refractivity contribution in [1.29, 1.82) is 0 Å². The lowest BCUT2D eigenvalue weighted by atomic mass is 10.0. The molecule has 0 bridgehead atoms. The van der Waals surface area contributed by atoms with E-state index in [1.54, 1.807) is 0 Å². The molecule has 1 aromatic rings. The molecule has 6 heteroatoms. The Morgan fingerprint density at radius 3 is 2.70 bits per heavy atom. The lowest BCUT2D eigenvalue weighted by molar-refractivity contribution is -0.109. The molecular weight excluding hydrogens is 256 g/mol. The summed E-state index contributed by atoms with van der Waals surface area (Å²) in [7, 11) is 0. The van der Waals surface area contributed by atoms with Gasteiger partial charge in [-0.15, -0.1) is 5.10 Å². The predicted octanol–water partition coefficient (Wildman–Crippen LogP) is 1.85. The van der Waals surface area contributed by atoms with Crippen LogP contribution >= 0.6 is 0 Å². The van der Waals surface area contributed by atoms with Gasteiger partial charge in [0.1, 0.15) is 5.69 Å². The first-order chi connectivity index (χ1) is 9.30. The molecule has 0 aliphatic heterocycles. The van der Waals surface area contributed by atoms with E-state index in [4.69, 9.17) is 4.74 Å². The maximum absolute atomic E-state index is 10.3. The zero-order valence-corrected chi connectivity index (χ0v) is 13.1. The van der Waals surface area contributed by atoms with E-state index >= 15 is 0 Å². The Morgan fingerprint density at radius 2 is 2.10 bits per heavy atom. The van der Waals surface area contributed by atoms with Gasteiger partial charge in [0.15, 0.2) is 0 Å². The van der Waals surface area contributed by atoms with Crippen molar-refractivity contribution in [2.75, 3.05) is 6.61 Å². The van der Waals surface area contributed by atoms with Crippen molar-refractivity contribution in [2.24, 2.45) is 0 Å². The van der Waals surface area contributed by atoms with Crippen molar-refractivity contribution in [3.63, 3.8) is 0 Å². The monoisotopic (exact) mass is 282 g/mol. The number of hydrogen-bond donors (Lipinski definition) is 1. The molecule has 1 amide bonds. The highest BCUT2D eigenvalue weighted by atomic mass is 16.5. The number of ether oxygens (including phenoxy) is 1. The standard InChI is InChI=1S/C14H26N4O2/c1-6-14(4,5)20-8-7-13(2,3)18-10-12(16-17-18)9-15-11-19/h10-11H,6-9H2,1-5H3,(H,15,19). The Hall–Kier alpha value is -1.43. The average molecular weight is 282 g/mol. The molecule has 1 heterocycles. The minimum absolute atomic E-state index is 0.0858. The molecule has 0 saturated carbocycles. The van der Waals surface area contributed by atoms with E-state index in [2.05, 4.69) is 50.2 Å². The predicted molar refractivity (Wildman–Crippen MR) is 77.2 cm³/mol. The Bertz CT molecular complexity index is 427. The van der Waals surface area contributed by atoms with E-state index in [0.29, 0.717) is 19.6 Å². The highest BCUT2D eigenvalue weighted by Gasteiger charge is 2.24. The molecule has 114 valence electrons. The molecule has 0 aliphatic rings. The van der Waals surface area contributed by atoms with E-state index < -0.39 is 0 Å². The van der Waals surface area contributed by atoms with Crippen LogP contribution in [0, 0.1) is 0 Å². The molecule has 0 unspecified atom stereocenters. The van der Waals surface area contributed by atoms with Crippen LogP contribution < -0.4 is 5.32 Å². The second-order valence-electron chi connectivity index (χ2n) is 6.18. The summed E-state index contributed by atoms with van der Waals surface area (Å²) in [6.45, 7) is 11.6. The minimum atomic E-state index is -0.170. The van der Waals surface area contributed by atoms with Crippen molar-refractivity contribution in [3.8, 4) is 0 Å². The average Bonchev–Trinajstić information content (AvgIpc) is 2.85. The zero-order chi connectivity index (χ0) is 15.2. The molecule has 0 radical (unpaired) electrons. The Kier molecular flexibility index (Phi) is 5.68. The van der Waals surface area contributed by atoms with Gasteiger partial charge >= 0.3 is 0 Å². The quantitative estimate of drug-likeness (QED) is 0.702. The number of carbonyl (C=O) groups excluding carboxylic acids is 1. The van der Waals surface area contributed by atoms with Crippen LogP contribution in [0.3, 0.4) is 0 Å². The summed E-state index contributed by atoms with van der Waals surface area (Å²) in [4.78, 5) is 10.3. The second kappa shape index (κ2) is 6.83. The Balaban J connectivity index is 2.55. The number of nitrogens with one attached hydrogen (secondary N) is 1. The van der Waals surface area contributed by atoms with Crippen LogP contribution in [-0.4, -0.2) is 33.6 Å². The Morgan fingerprint density at radius 1 is 1.40 bits per heavy atom. The number of hydrogen-bond acceptors (Lipinski definition) is 4. The first kappa shape index (κ1) is 16.6. The van der Waals surface area contributed by atoms with Gasteiger partial charge in [0.05, 0.1) is 23.9 Å². The maximum atomic E-state index is 10.3. The summed E-state index contributed by atoms with van der Waals surface area (Å²) < 4.78 is 7.72. The summed E-state index contributed by atoms with van der Waals surface area (Å²) in [5.41, 5.74) is 0.494. The lowest BCUT2D eigenvalue weighted by Gasteiger charge is -2.28. The van der Waals surface area contributed by atoms with Crippen molar-refractivity contribution in [3.05, 3.63) is 11.9 Å². The minimum Gasteiger partial charge on any atom is -0.375 e. The molecule has 20 heavy (non-hydrogen) atoms. The first-order valence-electron chi connectivity index (χ1n) is 7.03. The third kappa shape index (κ3) is 4.92. The molecular formula is C14H26N4O2. The lowest BCUT2D eigenvalue weighted by Crippen LogP contribution is -2.31. The van der Waals surface area contributed by atoms with Crippen LogP contribution in [0.25, 0.3) is 0 Å². The fourth-order valence-electron chi connectivity index (χ4n) is 1.62. The molecule has 0 spiro atoms. The van der Waals surface area contributed by atoms with Gasteiger partial charge < -0.3 is 10.1 Å². The summed E-state index contributed by atoms with van der Waals surface area (Å²) in [6.07, 6.45) is 4.35. The summed E-state index contributed by atoms with van der Waals surface area (Å²) in [6, 6.07) is 0. The number of aromatic nitrogens is 3. The fraction of sp³-hybridized carbons (Fsp3) is 0.786. The smallest absolute Gasteiger partial charge is 0.207 e.